The molecule has 86 valence electrons. The zero-order valence-corrected chi connectivity index (χ0v) is 12.1. The SMILES string of the molecule is COP1(=O)OC(c2ccccc2)C(I)=C1C. The van der Waals surface area contributed by atoms with Gasteiger partial charge in [0, 0.05) is 10.7 Å². The van der Waals surface area contributed by atoms with Crippen molar-refractivity contribution in [1.82, 2.24) is 0 Å². The van der Waals surface area contributed by atoms with Crippen LogP contribution in [0.15, 0.2) is 39.2 Å². The van der Waals surface area contributed by atoms with Crippen molar-refractivity contribution in [2.45, 2.75) is 13.0 Å². The van der Waals surface area contributed by atoms with Gasteiger partial charge in [0.2, 0.25) is 0 Å². The van der Waals surface area contributed by atoms with E-state index < -0.39 is 7.60 Å². The van der Waals surface area contributed by atoms with E-state index >= 15 is 0 Å². The van der Waals surface area contributed by atoms with Gasteiger partial charge < -0.3 is 4.52 Å². The molecule has 0 N–H and O–H groups in total. The number of hydrogen-bond acceptors (Lipinski definition) is 3. The summed E-state index contributed by atoms with van der Waals surface area (Å²) in [7, 11) is -1.63. The highest BCUT2D eigenvalue weighted by atomic mass is 127. The van der Waals surface area contributed by atoms with E-state index in [1.807, 2.05) is 30.3 Å². The molecule has 1 aromatic rings. The standard InChI is InChI=1S/C11H12IO3P/c1-8-10(12)11(15-16(8,13)14-2)9-6-4-3-5-7-9/h3-7,11H,1-2H3. The van der Waals surface area contributed by atoms with Crippen LogP contribution in [0.2, 0.25) is 0 Å². The second-order valence-corrected chi connectivity index (χ2v) is 6.91. The maximum absolute atomic E-state index is 12.2. The van der Waals surface area contributed by atoms with Crippen molar-refractivity contribution in [3.8, 4) is 0 Å². The summed E-state index contributed by atoms with van der Waals surface area (Å²) in [5, 5.41) is 0.712. The van der Waals surface area contributed by atoms with Gasteiger partial charge in [-0.25, -0.2) is 0 Å². The molecular weight excluding hydrogens is 338 g/mol. The Labute approximate surface area is 109 Å². The van der Waals surface area contributed by atoms with Crippen LogP contribution in [0.1, 0.15) is 18.6 Å². The largest absolute Gasteiger partial charge is 0.358 e. The predicted molar refractivity (Wildman–Crippen MR) is 71.6 cm³/mol. The first-order valence-corrected chi connectivity index (χ1v) is 7.46. The fraction of sp³-hybridized carbons (Fsp3) is 0.273. The number of hydrogen-bond donors (Lipinski definition) is 0. The molecule has 1 heterocycles. The fourth-order valence-electron chi connectivity index (χ4n) is 1.60. The third-order valence-electron chi connectivity index (χ3n) is 2.57. The monoisotopic (exact) mass is 350 g/mol. The Morgan fingerprint density at radius 3 is 2.50 bits per heavy atom. The molecule has 1 aromatic carbocycles. The van der Waals surface area contributed by atoms with E-state index in [9.17, 15) is 4.57 Å². The van der Waals surface area contributed by atoms with Crippen molar-refractivity contribution < 1.29 is 13.6 Å². The van der Waals surface area contributed by atoms with Crippen LogP contribution in [0.3, 0.4) is 0 Å². The second-order valence-electron chi connectivity index (χ2n) is 3.51. The molecule has 0 saturated carbocycles. The summed E-state index contributed by atoms with van der Waals surface area (Å²) in [5.41, 5.74) is 1.00. The minimum Gasteiger partial charge on any atom is -0.309 e. The molecule has 0 spiro atoms. The molecule has 2 rings (SSSR count). The van der Waals surface area contributed by atoms with Gasteiger partial charge in [-0.3, -0.25) is 9.09 Å². The van der Waals surface area contributed by atoms with Crippen molar-refractivity contribution in [3.63, 3.8) is 0 Å². The lowest BCUT2D eigenvalue weighted by Crippen LogP contribution is -1.96. The van der Waals surface area contributed by atoms with Crippen LogP contribution >= 0.6 is 30.2 Å². The van der Waals surface area contributed by atoms with E-state index in [1.54, 1.807) is 6.92 Å². The summed E-state index contributed by atoms with van der Waals surface area (Å²) in [5.74, 6) is 0. The molecule has 0 aliphatic carbocycles. The van der Waals surface area contributed by atoms with Crippen LogP contribution in [0, 0.1) is 0 Å². The lowest BCUT2D eigenvalue weighted by atomic mass is 10.1. The number of allylic oxidation sites excluding steroid dienone is 1. The van der Waals surface area contributed by atoms with E-state index in [2.05, 4.69) is 22.6 Å². The van der Waals surface area contributed by atoms with E-state index in [4.69, 9.17) is 9.05 Å². The van der Waals surface area contributed by atoms with Gasteiger partial charge in [0.25, 0.3) is 0 Å². The normalized spacial score (nSPS) is 29.8. The van der Waals surface area contributed by atoms with E-state index in [1.165, 1.54) is 7.11 Å². The average molecular weight is 350 g/mol. The Morgan fingerprint density at radius 1 is 1.38 bits per heavy atom. The summed E-state index contributed by atoms with van der Waals surface area (Å²) >= 11 is 2.17. The summed E-state index contributed by atoms with van der Waals surface area (Å²) < 4.78 is 23.7. The molecule has 0 bridgehead atoms. The van der Waals surface area contributed by atoms with Crippen LogP contribution in [0.5, 0.6) is 0 Å². The zero-order valence-electron chi connectivity index (χ0n) is 9.01. The number of benzene rings is 1. The van der Waals surface area contributed by atoms with Crippen molar-refractivity contribution >= 4 is 30.2 Å². The van der Waals surface area contributed by atoms with Crippen LogP contribution in [-0.2, 0) is 13.6 Å². The molecule has 5 heteroatoms. The average Bonchev–Trinajstić information content (AvgIpc) is 2.56. The highest BCUT2D eigenvalue weighted by Gasteiger charge is 2.41. The van der Waals surface area contributed by atoms with Crippen LogP contribution in [0.25, 0.3) is 0 Å². The van der Waals surface area contributed by atoms with Gasteiger partial charge >= 0.3 is 7.60 Å². The first-order valence-electron chi connectivity index (χ1n) is 4.84. The van der Waals surface area contributed by atoms with E-state index in [0.29, 0.717) is 5.31 Å². The second kappa shape index (κ2) is 4.61. The van der Waals surface area contributed by atoms with Crippen LogP contribution < -0.4 is 0 Å². The Morgan fingerprint density at radius 2 is 2.00 bits per heavy atom. The third-order valence-corrected chi connectivity index (χ3v) is 6.41. The molecule has 2 unspecified atom stereocenters. The Balaban J connectivity index is 2.40. The summed E-state index contributed by atoms with van der Waals surface area (Å²) in [6, 6.07) is 9.74. The highest BCUT2D eigenvalue weighted by molar-refractivity contribution is 14.1. The Hall–Kier alpha value is -0.160. The lowest BCUT2D eigenvalue weighted by Gasteiger charge is -2.14. The van der Waals surface area contributed by atoms with E-state index in [0.717, 1.165) is 9.14 Å². The number of halogens is 1. The van der Waals surface area contributed by atoms with Crippen LogP contribution in [-0.4, -0.2) is 7.11 Å². The van der Waals surface area contributed by atoms with E-state index in [-0.39, 0.29) is 6.10 Å². The van der Waals surface area contributed by atoms with Gasteiger partial charge in [0.15, 0.2) is 0 Å². The highest BCUT2D eigenvalue weighted by Crippen LogP contribution is 2.67. The summed E-state index contributed by atoms with van der Waals surface area (Å²) in [6.07, 6.45) is -0.257. The molecule has 0 saturated heterocycles. The first kappa shape index (κ1) is 12.3. The maximum Gasteiger partial charge on any atom is 0.358 e. The van der Waals surface area contributed by atoms with Gasteiger partial charge in [-0.1, -0.05) is 30.3 Å². The topological polar surface area (TPSA) is 35.5 Å². The minimum absolute atomic E-state index is 0.257. The third kappa shape index (κ3) is 1.99. The molecule has 16 heavy (non-hydrogen) atoms. The molecule has 0 fully saturated rings. The molecule has 0 amide bonds. The maximum atomic E-state index is 12.2. The molecule has 0 radical (unpaired) electrons. The van der Waals surface area contributed by atoms with Gasteiger partial charge in [0.1, 0.15) is 6.10 Å². The minimum atomic E-state index is -3.05. The van der Waals surface area contributed by atoms with Crippen molar-refractivity contribution in [2.24, 2.45) is 0 Å². The zero-order chi connectivity index (χ0) is 11.8. The van der Waals surface area contributed by atoms with Crippen molar-refractivity contribution in [3.05, 3.63) is 44.8 Å². The Kier molecular flexibility index (Phi) is 3.54. The molecule has 1 aliphatic heterocycles. The summed E-state index contributed by atoms with van der Waals surface area (Å²) in [6.45, 7) is 1.80. The molecule has 0 aromatic heterocycles. The number of rotatable bonds is 2. The fourth-order valence-corrected chi connectivity index (χ4v) is 4.58. The molecule has 3 nitrogen and oxygen atoms in total. The van der Waals surface area contributed by atoms with Crippen molar-refractivity contribution in [1.29, 1.82) is 0 Å². The van der Waals surface area contributed by atoms with Gasteiger partial charge in [-0.2, -0.15) is 0 Å². The predicted octanol–water partition coefficient (Wildman–Crippen LogP) is 4.26. The Bertz CT molecular complexity index is 469. The molecule has 2 atom stereocenters. The van der Waals surface area contributed by atoms with Crippen LogP contribution in [0.4, 0.5) is 0 Å². The lowest BCUT2D eigenvalue weighted by molar-refractivity contribution is 0.212. The first-order chi connectivity index (χ1) is 7.58. The molecular formula is C11H12IO3P. The van der Waals surface area contributed by atoms with Gasteiger partial charge in [-0.05, 0) is 35.1 Å². The smallest absolute Gasteiger partial charge is 0.309 e. The van der Waals surface area contributed by atoms with Gasteiger partial charge in [0.05, 0.1) is 5.31 Å². The van der Waals surface area contributed by atoms with Crippen molar-refractivity contribution in [2.75, 3.05) is 7.11 Å². The quantitative estimate of drug-likeness (QED) is 0.591. The van der Waals surface area contributed by atoms with Gasteiger partial charge in [-0.15, -0.1) is 0 Å². The molecule has 1 aliphatic rings. The summed E-state index contributed by atoms with van der Waals surface area (Å²) in [4.78, 5) is 0.